The maximum atomic E-state index is 12.0. The number of rotatable bonds is 5. The summed E-state index contributed by atoms with van der Waals surface area (Å²) in [6, 6.07) is 14.8. The third-order valence-electron chi connectivity index (χ3n) is 3.34. The molecular formula is C18H18ClN3O3. The highest BCUT2D eigenvalue weighted by atomic mass is 35.5. The normalized spacial score (nSPS) is 11.3. The predicted molar refractivity (Wildman–Crippen MR) is 95.0 cm³/mol. The molecule has 2 rings (SSSR count). The van der Waals surface area contributed by atoms with Crippen molar-refractivity contribution < 1.29 is 14.4 Å². The van der Waals surface area contributed by atoms with E-state index in [1.54, 1.807) is 55.5 Å². The molecule has 3 N–H and O–H groups in total. The Bertz CT molecular complexity index is 765. The average molecular weight is 360 g/mol. The highest BCUT2D eigenvalue weighted by Gasteiger charge is 2.14. The lowest BCUT2D eigenvalue weighted by atomic mass is 10.1. The molecule has 7 heteroatoms. The van der Waals surface area contributed by atoms with Crippen molar-refractivity contribution in [3.8, 4) is 0 Å². The zero-order chi connectivity index (χ0) is 18.2. The van der Waals surface area contributed by atoms with Gasteiger partial charge in [0.05, 0.1) is 10.6 Å². The topological polar surface area (TPSA) is 87.3 Å². The van der Waals surface area contributed by atoms with Crippen LogP contribution in [0, 0.1) is 0 Å². The average Bonchev–Trinajstić information content (AvgIpc) is 2.60. The Morgan fingerprint density at radius 3 is 2.24 bits per heavy atom. The number of nitrogens with one attached hydrogen (secondary N) is 3. The number of amides is 3. The standard InChI is InChI=1S/C18H18ClN3O3/c1-12(20-17(24)13-7-3-2-4-8-13)11-16(23)21-22-18(25)14-9-5-6-10-15(14)19/h2-10,12H,11H2,1H3,(H,20,24)(H,21,23)(H,22,25). The van der Waals surface area contributed by atoms with Gasteiger partial charge in [-0.15, -0.1) is 0 Å². The van der Waals surface area contributed by atoms with Crippen molar-refractivity contribution >= 4 is 29.3 Å². The van der Waals surface area contributed by atoms with Crippen LogP contribution in [0.2, 0.25) is 5.02 Å². The number of hydrazine groups is 1. The van der Waals surface area contributed by atoms with Crippen LogP contribution in [0.5, 0.6) is 0 Å². The first-order valence-corrected chi connectivity index (χ1v) is 8.05. The van der Waals surface area contributed by atoms with E-state index in [4.69, 9.17) is 11.6 Å². The molecule has 0 bridgehead atoms. The van der Waals surface area contributed by atoms with Gasteiger partial charge in [0.15, 0.2) is 0 Å². The van der Waals surface area contributed by atoms with E-state index in [0.29, 0.717) is 5.56 Å². The molecular weight excluding hydrogens is 342 g/mol. The Balaban J connectivity index is 1.79. The molecule has 0 spiro atoms. The van der Waals surface area contributed by atoms with Gasteiger partial charge >= 0.3 is 0 Å². The molecule has 0 heterocycles. The van der Waals surface area contributed by atoms with Gasteiger partial charge in [0.1, 0.15) is 0 Å². The van der Waals surface area contributed by atoms with Crippen LogP contribution >= 0.6 is 11.6 Å². The van der Waals surface area contributed by atoms with Gasteiger partial charge in [0.25, 0.3) is 11.8 Å². The zero-order valence-corrected chi connectivity index (χ0v) is 14.3. The molecule has 0 fully saturated rings. The van der Waals surface area contributed by atoms with Crippen LogP contribution in [-0.4, -0.2) is 23.8 Å². The molecule has 1 atom stereocenters. The predicted octanol–water partition coefficient (Wildman–Crippen LogP) is 2.31. The molecule has 0 radical (unpaired) electrons. The summed E-state index contributed by atoms with van der Waals surface area (Å²) in [5, 5.41) is 3.01. The monoisotopic (exact) mass is 359 g/mol. The maximum Gasteiger partial charge on any atom is 0.271 e. The van der Waals surface area contributed by atoms with Gasteiger partial charge in [-0.3, -0.25) is 25.2 Å². The highest BCUT2D eigenvalue weighted by Crippen LogP contribution is 2.14. The molecule has 0 aliphatic heterocycles. The van der Waals surface area contributed by atoms with Crippen LogP contribution < -0.4 is 16.2 Å². The van der Waals surface area contributed by atoms with Crippen LogP contribution in [-0.2, 0) is 4.79 Å². The SMILES string of the molecule is CC(CC(=O)NNC(=O)c1ccccc1Cl)NC(=O)c1ccccc1. The lowest BCUT2D eigenvalue weighted by molar-refractivity contribution is -0.122. The zero-order valence-electron chi connectivity index (χ0n) is 13.6. The molecule has 0 aliphatic rings. The number of benzene rings is 2. The molecule has 1 unspecified atom stereocenters. The van der Waals surface area contributed by atoms with E-state index in [0.717, 1.165) is 0 Å². The van der Waals surface area contributed by atoms with Crippen molar-refractivity contribution in [2.24, 2.45) is 0 Å². The van der Waals surface area contributed by atoms with E-state index in [2.05, 4.69) is 16.2 Å². The summed E-state index contributed by atoms with van der Waals surface area (Å²) < 4.78 is 0. The summed E-state index contributed by atoms with van der Waals surface area (Å²) in [4.78, 5) is 35.8. The summed E-state index contributed by atoms with van der Waals surface area (Å²) in [5.41, 5.74) is 5.37. The third kappa shape index (κ3) is 5.61. The Hall–Kier alpha value is -2.86. The van der Waals surface area contributed by atoms with Crippen molar-refractivity contribution in [1.29, 1.82) is 0 Å². The van der Waals surface area contributed by atoms with Gasteiger partial charge in [-0.25, -0.2) is 0 Å². The van der Waals surface area contributed by atoms with E-state index in [1.807, 2.05) is 6.07 Å². The minimum Gasteiger partial charge on any atom is -0.349 e. The summed E-state index contributed by atoms with van der Waals surface area (Å²) in [6.07, 6.45) is 0.0153. The fraction of sp³-hybridized carbons (Fsp3) is 0.167. The number of halogens is 1. The first-order valence-electron chi connectivity index (χ1n) is 7.67. The van der Waals surface area contributed by atoms with Crippen LogP contribution in [0.15, 0.2) is 54.6 Å². The van der Waals surface area contributed by atoms with Gasteiger partial charge < -0.3 is 5.32 Å². The van der Waals surface area contributed by atoms with Crippen molar-refractivity contribution in [3.05, 3.63) is 70.7 Å². The summed E-state index contributed by atoms with van der Waals surface area (Å²) in [5.74, 6) is -1.21. The van der Waals surface area contributed by atoms with E-state index in [1.165, 1.54) is 0 Å². The first-order chi connectivity index (χ1) is 12.0. The molecule has 2 aromatic carbocycles. The Labute approximate surface area is 150 Å². The molecule has 0 aliphatic carbocycles. The molecule has 0 saturated carbocycles. The van der Waals surface area contributed by atoms with E-state index in [-0.39, 0.29) is 22.9 Å². The highest BCUT2D eigenvalue weighted by molar-refractivity contribution is 6.33. The molecule has 0 saturated heterocycles. The third-order valence-corrected chi connectivity index (χ3v) is 3.67. The lowest BCUT2D eigenvalue weighted by Crippen LogP contribution is -2.44. The quantitative estimate of drug-likeness (QED) is 0.716. The van der Waals surface area contributed by atoms with Gasteiger partial charge in [-0.1, -0.05) is 41.9 Å². The first kappa shape index (κ1) is 18.5. The summed E-state index contributed by atoms with van der Waals surface area (Å²) >= 11 is 5.91. The maximum absolute atomic E-state index is 12.0. The summed E-state index contributed by atoms with van der Waals surface area (Å²) in [7, 11) is 0. The minimum absolute atomic E-state index is 0.0153. The van der Waals surface area contributed by atoms with Crippen LogP contribution in [0.3, 0.4) is 0 Å². The lowest BCUT2D eigenvalue weighted by Gasteiger charge is -2.14. The number of carbonyl (C=O) groups excluding carboxylic acids is 3. The second-order valence-corrected chi connectivity index (χ2v) is 5.83. The van der Waals surface area contributed by atoms with Crippen molar-refractivity contribution in [1.82, 2.24) is 16.2 Å². The van der Waals surface area contributed by atoms with E-state index < -0.39 is 17.9 Å². The van der Waals surface area contributed by atoms with Crippen molar-refractivity contribution in [2.45, 2.75) is 19.4 Å². The van der Waals surface area contributed by atoms with Crippen LogP contribution in [0.4, 0.5) is 0 Å². The second kappa shape index (κ2) is 8.84. The Kier molecular flexibility index (Phi) is 6.54. The van der Waals surface area contributed by atoms with Crippen LogP contribution in [0.25, 0.3) is 0 Å². The van der Waals surface area contributed by atoms with Gasteiger partial charge in [0, 0.05) is 18.0 Å². The molecule has 6 nitrogen and oxygen atoms in total. The van der Waals surface area contributed by atoms with Gasteiger partial charge in [-0.05, 0) is 31.2 Å². The second-order valence-electron chi connectivity index (χ2n) is 5.43. The van der Waals surface area contributed by atoms with Crippen molar-refractivity contribution in [3.63, 3.8) is 0 Å². The number of hydrogen-bond donors (Lipinski definition) is 3. The molecule has 25 heavy (non-hydrogen) atoms. The van der Waals surface area contributed by atoms with E-state index >= 15 is 0 Å². The van der Waals surface area contributed by atoms with E-state index in [9.17, 15) is 14.4 Å². The van der Waals surface area contributed by atoms with Gasteiger partial charge in [-0.2, -0.15) is 0 Å². The Morgan fingerprint density at radius 1 is 0.920 bits per heavy atom. The fourth-order valence-electron chi connectivity index (χ4n) is 2.12. The van der Waals surface area contributed by atoms with Crippen molar-refractivity contribution in [2.75, 3.05) is 0 Å². The summed E-state index contributed by atoms with van der Waals surface area (Å²) in [6.45, 7) is 1.70. The fourth-order valence-corrected chi connectivity index (χ4v) is 2.34. The smallest absolute Gasteiger partial charge is 0.271 e. The number of carbonyl (C=O) groups is 3. The molecule has 2 aromatic rings. The molecule has 3 amide bonds. The largest absolute Gasteiger partial charge is 0.349 e. The van der Waals surface area contributed by atoms with Crippen LogP contribution in [0.1, 0.15) is 34.1 Å². The molecule has 130 valence electrons. The molecule has 0 aromatic heterocycles. The van der Waals surface area contributed by atoms with Gasteiger partial charge in [0.2, 0.25) is 5.91 Å². The minimum atomic E-state index is -0.514. The Morgan fingerprint density at radius 2 is 1.56 bits per heavy atom. The number of hydrogen-bond acceptors (Lipinski definition) is 3.